The number of ether oxygens (including phenoxy) is 1. The van der Waals surface area contributed by atoms with Crippen molar-refractivity contribution in [3.8, 4) is 0 Å². The number of benzene rings is 1. The number of hydrogen-bond acceptors (Lipinski definition) is 4. The van der Waals surface area contributed by atoms with E-state index in [1.54, 1.807) is 24.0 Å². The highest BCUT2D eigenvalue weighted by Gasteiger charge is 2.23. The van der Waals surface area contributed by atoms with E-state index in [4.69, 9.17) is 4.74 Å². The third-order valence-corrected chi connectivity index (χ3v) is 3.52. The summed E-state index contributed by atoms with van der Waals surface area (Å²) in [5.41, 5.74) is 1.46. The maximum absolute atomic E-state index is 12.7. The summed E-state index contributed by atoms with van der Waals surface area (Å²) in [5.74, 6) is -1.13. The van der Waals surface area contributed by atoms with Crippen molar-refractivity contribution in [2.75, 3.05) is 26.7 Å². The van der Waals surface area contributed by atoms with Crippen molar-refractivity contribution in [2.24, 2.45) is 5.92 Å². The second kappa shape index (κ2) is 8.92. The number of methoxy groups -OCH3 is 1. The van der Waals surface area contributed by atoms with Crippen LogP contribution in [0, 0.1) is 12.8 Å². The van der Waals surface area contributed by atoms with Gasteiger partial charge >= 0.3 is 5.97 Å². The van der Waals surface area contributed by atoms with Crippen LogP contribution < -0.4 is 5.32 Å². The molecule has 1 aromatic rings. The number of amides is 2. The van der Waals surface area contributed by atoms with Gasteiger partial charge in [-0.2, -0.15) is 0 Å². The second-order valence-electron chi connectivity index (χ2n) is 5.47. The molecule has 1 aromatic carbocycles. The predicted molar refractivity (Wildman–Crippen MR) is 86.9 cm³/mol. The quantitative estimate of drug-likeness (QED) is 0.770. The van der Waals surface area contributed by atoms with Gasteiger partial charge in [0.25, 0.3) is 5.91 Å². The Bertz CT molecular complexity index is 571. The Labute approximate surface area is 136 Å². The molecule has 0 saturated carbocycles. The Morgan fingerprint density at radius 3 is 2.48 bits per heavy atom. The van der Waals surface area contributed by atoms with Crippen LogP contribution in [0.4, 0.5) is 0 Å². The highest BCUT2D eigenvalue weighted by atomic mass is 16.5. The third-order valence-electron chi connectivity index (χ3n) is 3.52. The molecule has 0 heterocycles. The van der Waals surface area contributed by atoms with Crippen molar-refractivity contribution >= 4 is 17.8 Å². The maximum atomic E-state index is 12.7. The minimum absolute atomic E-state index is 0.158. The van der Waals surface area contributed by atoms with Crippen LogP contribution >= 0.6 is 0 Å². The van der Waals surface area contributed by atoms with Gasteiger partial charge in [0.15, 0.2) is 0 Å². The van der Waals surface area contributed by atoms with Gasteiger partial charge in [0.2, 0.25) is 5.91 Å². The Hall–Kier alpha value is -2.37. The lowest BCUT2D eigenvalue weighted by molar-refractivity contribution is -0.145. The van der Waals surface area contributed by atoms with E-state index in [2.05, 4.69) is 5.32 Å². The van der Waals surface area contributed by atoms with Crippen LogP contribution in [0.25, 0.3) is 0 Å². The van der Waals surface area contributed by atoms with Gasteiger partial charge in [-0.25, -0.2) is 0 Å². The summed E-state index contributed by atoms with van der Waals surface area (Å²) in [6.45, 7) is 5.89. The van der Waals surface area contributed by atoms with E-state index in [0.717, 1.165) is 5.56 Å². The molecule has 0 spiro atoms. The molecule has 1 rings (SSSR count). The van der Waals surface area contributed by atoms with Crippen molar-refractivity contribution in [3.05, 3.63) is 35.4 Å². The second-order valence-corrected chi connectivity index (χ2v) is 5.47. The first-order chi connectivity index (χ1) is 10.9. The van der Waals surface area contributed by atoms with Crippen LogP contribution in [0.3, 0.4) is 0 Å². The average Bonchev–Trinajstić information content (AvgIpc) is 2.52. The molecule has 0 bridgehead atoms. The highest BCUT2D eigenvalue weighted by molar-refractivity contribution is 5.95. The van der Waals surface area contributed by atoms with E-state index in [1.807, 2.05) is 19.1 Å². The summed E-state index contributed by atoms with van der Waals surface area (Å²) in [6, 6.07) is 7.29. The maximum Gasteiger partial charge on any atom is 0.310 e. The molecule has 1 unspecified atom stereocenters. The number of esters is 1. The van der Waals surface area contributed by atoms with E-state index in [0.29, 0.717) is 18.7 Å². The molecule has 1 atom stereocenters. The molecule has 0 aliphatic rings. The first-order valence-electron chi connectivity index (χ1n) is 7.54. The van der Waals surface area contributed by atoms with E-state index in [1.165, 1.54) is 14.0 Å². The minimum atomic E-state index is -0.440. The topological polar surface area (TPSA) is 75.7 Å². The number of carbonyl (C=O) groups is 3. The average molecular weight is 320 g/mol. The molecule has 0 aliphatic carbocycles. The van der Waals surface area contributed by atoms with Crippen molar-refractivity contribution < 1.29 is 19.1 Å². The highest BCUT2D eigenvalue weighted by Crippen LogP contribution is 2.12. The lowest BCUT2D eigenvalue weighted by Crippen LogP contribution is -2.42. The Kier molecular flexibility index (Phi) is 7.25. The molecule has 0 saturated heterocycles. The zero-order valence-electron chi connectivity index (χ0n) is 14.1. The smallest absolute Gasteiger partial charge is 0.310 e. The largest absolute Gasteiger partial charge is 0.469 e. The van der Waals surface area contributed by atoms with Gasteiger partial charge in [0, 0.05) is 32.1 Å². The zero-order valence-corrected chi connectivity index (χ0v) is 14.1. The monoisotopic (exact) mass is 320 g/mol. The van der Waals surface area contributed by atoms with Crippen LogP contribution in [0.2, 0.25) is 0 Å². The van der Waals surface area contributed by atoms with Gasteiger partial charge < -0.3 is 15.0 Å². The molecule has 0 fully saturated rings. The number of rotatable bonds is 7. The summed E-state index contributed by atoms with van der Waals surface area (Å²) in [4.78, 5) is 37.0. The summed E-state index contributed by atoms with van der Waals surface area (Å²) in [5, 5.41) is 2.66. The van der Waals surface area contributed by atoms with Gasteiger partial charge in [0.1, 0.15) is 0 Å². The number of hydrogen-bond donors (Lipinski definition) is 1. The molecule has 1 N–H and O–H groups in total. The summed E-state index contributed by atoms with van der Waals surface area (Å²) < 4.78 is 4.72. The number of nitrogens with zero attached hydrogens (tertiary/aromatic N) is 1. The lowest BCUT2D eigenvalue weighted by atomic mass is 10.1. The summed E-state index contributed by atoms with van der Waals surface area (Å²) in [7, 11) is 1.32. The van der Waals surface area contributed by atoms with E-state index in [-0.39, 0.29) is 24.3 Å². The van der Waals surface area contributed by atoms with Gasteiger partial charge in [-0.05, 0) is 18.6 Å². The fraction of sp³-hybridized carbons (Fsp3) is 0.471. The zero-order chi connectivity index (χ0) is 17.4. The van der Waals surface area contributed by atoms with Crippen molar-refractivity contribution in [3.63, 3.8) is 0 Å². The van der Waals surface area contributed by atoms with Gasteiger partial charge in [-0.15, -0.1) is 0 Å². The van der Waals surface area contributed by atoms with Gasteiger partial charge in [-0.1, -0.05) is 25.1 Å². The predicted octanol–water partition coefficient (Wildman–Crippen LogP) is 1.38. The van der Waals surface area contributed by atoms with Gasteiger partial charge in [-0.3, -0.25) is 14.4 Å². The van der Waals surface area contributed by atoms with Crippen LogP contribution in [0.5, 0.6) is 0 Å². The minimum Gasteiger partial charge on any atom is -0.469 e. The van der Waals surface area contributed by atoms with Crippen molar-refractivity contribution in [1.29, 1.82) is 0 Å². The van der Waals surface area contributed by atoms with Crippen molar-refractivity contribution in [2.45, 2.75) is 20.8 Å². The Morgan fingerprint density at radius 1 is 1.26 bits per heavy atom. The molecule has 23 heavy (non-hydrogen) atoms. The molecule has 2 amide bonds. The molecule has 0 aromatic heterocycles. The van der Waals surface area contributed by atoms with Crippen LogP contribution in [0.1, 0.15) is 29.8 Å². The standard InChI is InChI=1S/C17H24N2O4/c1-12-7-5-6-8-15(12)16(21)19(10-9-18-14(3)20)11-13(2)17(22)23-4/h5-8,13H,9-11H2,1-4H3,(H,18,20). The Morgan fingerprint density at radius 2 is 1.91 bits per heavy atom. The number of carbonyl (C=O) groups excluding carboxylic acids is 3. The van der Waals surface area contributed by atoms with Crippen molar-refractivity contribution in [1.82, 2.24) is 10.2 Å². The number of nitrogens with one attached hydrogen (secondary N) is 1. The summed E-state index contributed by atoms with van der Waals surface area (Å²) >= 11 is 0. The molecule has 6 heteroatoms. The van der Waals surface area contributed by atoms with Gasteiger partial charge in [0.05, 0.1) is 13.0 Å². The normalized spacial score (nSPS) is 11.5. The molecule has 0 radical (unpaired) electrons. The van der Waals surface area contributed by atoms with E-state index >= 15 is 0 Å². The summed E-state index contributed by atoms with van der Waals surface area (Å²) in [6.07, 6.45) is 0. The lowest BCUT2D eigenvalue weighted by Gasteiger charge is -2.26. The van der Waals surface area contributed by atoms with E-state index < -0.39 is 5.92 Å². The molecular formula is C17H24N2O4. The van der Waals surface area contributed by atoms with Crippen LogP contribution in [-0.4, -0.2) is 49.4 Å². The first-order valence-corrected chi connectivity index (χ1v) is 7.54. The number of aryl methyl sites for hydroxylation is 1. The fourth-order valence-corrected chi connectivity index (χ4v) is 2.23. The van der Waals surface area contributed by atoms with E-state index in [9.17, 15) is 14.4 Å². The van der Waals surface area contributed by atoms with Crippen LogP contribution in [-0.2, 0) is 14.3 Å². The molecule has 0 aliphatic heterocycles. The fourth-order valence-electron chi connectivity index (χ4n) is 2.23. The first kappa shape index (κ1) is 18.7. The molecule has 126 valence electrons. The molecule has 6 nitrogen and oxygen atoms in total. The third kappa shape index (κ3) is 5.73. The molecular weight excluding hydrogens is 296 g/mol. The van der Waals surface area contributed by atoms with Crippen LogP contribution in [0.15, 0.2) is 24.3 Å². The Balaban J connectivity index is 2.89. The SMILES string of the molecule is COC(=O)C(C)CN(CCNC(C)=O)C(=O)c1ccccc1C.